The van der Waals surface area contributed by atoms with Gasteiger partial charge >= 0.3 is 12.1 Å². The minimum absolute atomic E-state index is 0.0543. The van der Waals surface area contributed by atoms with Crippen LogP contribution in [0.2, 0.25) is 10.0 Å². The number of aromatic hydroxyl groups is 1. The summed E-state index contributed by atoms with van der Waals surface area (Å²) in [5.74, 6) is -1.96. The van der Waals surface area contributed by atoms with Crippen molar-refractivity contribution < 1.29 is 28.2 Å². The summed E-state index contributed by atoms with van der Waals surface area (Å²) in [5, 5.41) is 23.9. The quantitative estimate of drug-likeness (QED) is 0.319. The molecule has 2 heterocycles. The predicted octanol–water partition coefficient (Wildman–Crippen LogP) is 6.10. The van der Waals surface area contributed by atoms with Gasteiger partial charge in [0, 0.05) is 18.3 Å². The lowest BCUT2D eigenvalue weighted by atomic mass is 10.1. The molecule has 3 aromatic rings. The molecule has 13 heteroatoms. The number of halogens is 5. The highest BCUT2D eigenvalue weighted by Crippen LogP contribution is 2.36. The van der Waals surface area contributed by atoms with E-state index < -0.39 is 12.1 Å². The lowest BCUT2D eigenvalue weighted by molar-refractivity contribution is -0.192. The molecule has 39 heavy (non-hydrogen) atoms. The fourth-order valence-electron chi connectivity index (χ4n) is 3.50. The van der Waals surface area contributed by atoms with E-state index in [1.54, 1.807) is 24.4 Å². The number of aliphatic carboxylic acids is 1. The van der Waals surface area contributed by atoms with E-state index in [1.807, 2.05) is 24.3 Å². The molecule has 0 spiro atoms. The molecule has 3 N–H and O–H groups in total. The maximum atomic E-state index is 10.6. The zero-order valence-corrected chi connectivity index (χ0v) is 22.4. The number of aromatic nitrogens is 1. The van der Waals surface area contributed by atoms with Crippen LogP contribution in [0.5, 0.6) is 5.88 Å². The van der Waals surface area contributed by atoms with Crippen LogP contribution in [-0.4, -0.2) is 39.6 Å². The van der Waals surface area contributed by atoms with Crippen molar-refractivity contribution in [1.82, 2.24) is 4.98 Å². The number of carboxylic acids is 1. The van der Waals surface area contributed by atoms with E-state index >= 15 is 0 Å². The first-order valence-electron chi connectivity index (χ1n) is 11.6. The van der Waals surface area contributed by atoms with Crippen molar-refractivity contribution in [1.29, 1.82) is 0 Å². The number of carboxylic acid groups (broad SMARTS) is 1. The lowest BCUT2D eigenvalue weighted by Crippen LogP contribution is -2.21. The number of aliphatic imine (C=N–C) groups is 1. The van der Waals surface area contributed by atoms with Crippen LogP contribution in [-0.2, 0) is 4.79 Å². The standard InChI is InChI=1S/C24H20Cl2N4OS.C2HF3O2/c25-17-2-1-3-18(26)22(17)29-24-30-23(31)21(32-24)13-15-6-7-19-16(12-15)20(9-11-28-19)27-10-8-14-4-5-14;3-2(4,5)1(6)7/h1-3,6-7,9,11-14,31H,4-5,8,10H2,(H,29,30);(H,6,7)/b15-13+,27-20?;. The highest BCUT2D eigenvalue weighted by molar-refractivity contribution is 7.16. The topological polar surface area (TPSA) is 107 Å². The third-order valence-electron chi connectivity index (χ3n) is 5.63. The summed E-state index contributed by atoms with van der Waals surface area (Å²) >= 11 is 13.8. The zero-order chi connectivity index (χ0) is 28.2. The molecule has 204 valence electrons. The van der Waals surface area contributed by atoms with E-state index in [0.29, 0.717) is 25.7 Å². The number of hydrogen-bond acceptors (Lipinski definition) is 7. The van der Waals surface area contributed by atoms with Crippen molar-refractivity contribution >= 4 is 63.1 Å². The number of nitrogens with zero attached hydrogens (tertiary/aromatic N) is 3. The number of hydrogen-bond donors (Lipinski definition) is 3. The molecule has 0 radical (unpaired) electrons. The molecular formula is C26H21Cl2F3N4O3S. The van der Waals surface area contributed by atoms with Crippen LogP contribution >= 0.6 is 34.5 Å². The van der Waals surface area contributed by atoms with Gasteiger partial charge in [0.2, 0.25) is 5.88 Å². The Morgan fingerprint density at radius 3 is 2.54 bits per heavy atom. The van der Waals surface area contributed by atoms with E-state index in [0.717, 1.165) is 40.7 Å². The summed E-state index contributed by atoms with van der Waals surface area (Å²) in [7, 11) is 0. The monoisotopic (exact) mass is 596 g/mol. The van der Waals surface area contributed by atoms with Gasteiger partial charge in [-0.2, -0.15) is 18.2 Å². The first-order chi connectivity index (χ1) is 18.5. The fraction of sp³-hybridized carbons (Fsp3) is 0.231. The molecule has 7 nitrogen and oxygen atoms in total. The third-order valence-corrected chi connectivity index (χ3v) is 7.17. The Hall–Kier alpha value is -3.41. The van der Waals surface area contributed by atoms with Gasteiger partial charge < -0.3 is 15.5 Å². The number of fused-ring (bicyclic) bond motifs is 1. The number of allylic oxidation sites excluding steroid dienone is 1. The molecule has 2 aliphatic rings. The second-order valence-electron chi connectivity index (χ2n) is 8.60. The summed E-state index contributed by atoms with van der Waals surface area (Å²) in [4.78, 5) is 23.0. The Balaban J connectivity index is 0.000000448. The Morgan fingerprint density at radius 2 is 1.90 bits per heavy atom. The number of carbonyl (C=O) groups is 1. The van der Waals surface area contributed by atoms with Gasteiger partial charge in [-0.1, -0.05) is 59.5 Å². The third kappa shape index (κ3) is 7.81. The predicted molar refractivity (Wildman–Crippen MR) is 146 cm³/mol. The molecule has 1 saturated carbocycles. The minimum atomic E-state index is -5.08. The summed E-state index contributed by atoms with van der Waals surface area (Å²) in [6.45, 7) is 0.840. The Labute approximate surface area is 234 Å². The number of thiazole rings is 1. The maximum Gasteiger partial charge on any atom is 0.490 e. The van der Waals surface area contributed by atoms with Crippen LogP contribution in [0.1, 0.15) is 29.7 Å². The highest BCUT2D eigenvalue weighted by Gasteiger charge is 2.38. The van der Waals surface area contributed by atoms with Crippen LogP contribution in [0, 0.1) is 5.92 Å². The number of alkyl halides is 3. The van der Waals surface area contributed by atoms with E-state index in [-0.39, 0.29) is 5.88 Å². The van der Waals surface area contributed by atoms with Gasteiger partial charge in [0.05, 0.1) is 31.7 Å². The fourth-order valence-corrected chi connectivity index (χ4v) is 4.82. The Kier molecular flexibility index (Phi) is 8.94. The zero-order valence-electron chi connectivity index (χ0n) is 20.0. The molecule has 0 amide bonds. The van der Waals surface area contributed by atoms with Gasteiger partial charge in [-0.3, -0.25) is 9.98 Å². The first kappa shape index (κ1) is 28.6. The van der Waals surface area contributed by atoms with Crippen molar-refractivity contribution in [2.24, 2.45) is 15.9 Å². The average Bonchev–Trinajstić information content (AvgIpc) is 3.64. The smallest absolute Gasteiger partial charge is 0.490 e. The SMILES string of the molecule is O=C(O)C(F)(F)F.Oc1nc(Nc2c(Cl)cccc2Cl)sc1/C=c1\ccc2c(c1)C(=NCCC1CC1)C=CN=2. The van der Waals surface area contributed by atoms with Gasteiger partial charge in [0.1, 0.15) is 0 Å². The second kappa shape index (κ2) is 12.2. The minimum Gasteiger partial charge on any atom is -0.492 e. The van der Waals surface area contributed by atoms with Crippen molar-refractivity contribution in [2.75, 3.05) is 11.9 Å². The molecule has 0 saturated heterocycles. The van der Waals surface area contributed by atoms with Crippen molar-refractivity contribution in [3.63, 3.8) is 0 Å². The first-order valence-corrected chi connectivity index (χ1v) is 13.2. The number of rotatable bonds is 6. The Morgan fingerprint density at radius 1 is 1.21 bits per heavy atom. The normalized spacial score (nSPS) is 15.8. The summed E-state index contributed by atoms with van der Waals surface area (Å²) in [6, 6.07) is 11.3. The summed E-state index contributed by atoms with van der Waals surface area (Å²) in [6.07, 6.45) is 4.39. The molecule has 0 bridgehead atoms. The largest absolute Gasteiger partial charge is 0.492 e. The average molecular weight is 597 g/mol. The maximum absolute atomic E-state index is 10.6. The van der Waals surface area contributed by atoms with Crippen molar-refractivity contribution in [3.8, 4) is 5.88 Å². The van der Waals surface area contributed by atoms with Crippen molar-refractivity contribution in [2.45, 2.75) is 25.4 Å². The summed E-state index contributed by atoms with van der Waals surface area (Å²) in [5.41, 5.74) is 2.52. The molecular weight excluding hydrogens is 576 g/mol. The number of benzene rings is 2. The highest BCUT2D eigenvalue weighted by atomic mass is 35.5. The Bertz CT molecular complexity index is 1550. The molecule has 1 aliphatic carbocycles. The molecule has 1 aliphatic heterocycles. The van der Waals surface area contributed by atoms with E-state index in [4.69, 9.17) is 38.1 Å². The second-order valence-corrected chi connectivity index (χ2v) is 10.4. The van der Waals surface area contributed by atoms with Gasteiger partial charge in [-0.25, -0.2) is 4.79 Å². The lowest BCUT2D eigenvalue weighted by Gasteiger charge is -2.07. The van der Waals surface area contributed by atoms with Crippen LogP contribution in [0.4, 0.5) is 24.0 Å². The van der Waals surface area contributed by atoms with Gasteiger partial charge in [0.25, 0.3) is 0 Å². The number of anilines is 2. The molecule has 5 rings (SSSR count). The van der Waals surface area contributed by atoms with Gasteiger partial charge in [0.15, 0.2) is 5.13 Å². The van der Waals surface area contributed by atoms with Gasteiger partial charge in [-0.15, -0.1) is 0 Å². The van der Waals surface area contributed by atoms with E-state index in [2.05, 4.69) is 21.4 Å². The van der Waals surface area contributed by atoms with Crippen LogP contribution < -0.4 is 15.9 Å². The molecule has 1 aromatic heterocycles. The van der Waals surface area contributed by atoms with E-state index in [1.165, 1.54) is 24.2 Å². The molecule has 1 fully saturated rings. The molecule has 0 unspecified atom stereocenters. The van der Waals surface area contributed by atoms with E-state index in [9.17, 15) is 18.3 Å². The molecule has 2 aromatic carbocycles. The number of para-hydroxylation sites is 1. The van der Waals surface area contributed by atoms with Gasteiger partial charge in [-0.05, 0) is 54.0 Å². The van der Waals surface area contributed by atoms with Crippen LogP contribution in [0.15, 0.2) is 58.7 Å². The number of nitrogens with one attached hydrogen (secondary N) is 1. The van der Waals surface area contributed by atoms with Crippen molar-refractivity contribution in [3.05, 3.63) is 79.7 Å². The molecule has 0 atom stereocenters. The van der Waals surface area contributed by atoms with Crippen LogP contribution in [0.25, 0.3) is 6.08 Å². The summed E-state index contributed by atoms with van der Waals surface area (Å²) < 4.78 is 31.7. The van der Waals surface area contributed by atoms with Crippen LogP contribution in [0.3, 0.4) is 0 Å².